The Morgan fingerprint density at radius 2 is 1.96 bits per heavy atom. The zero-order chi connectivity index (χ0) is 18.1. The zero-order valence-electron chi connectivity index (χ0n) is 13.8. The Balaban J connectivity index is 1.57. The molecule has 1 aromatic carbocycles. The number of nitrogens with one attached hydrogen (secondary N) is 1. The van der Waals surface area contributed by atoms with Crippen molar-refractivity contribution in [3.8, 4) is 10.6 Å². The van der Waals surface area contributed by atoms with Crippen molar-refractivity contribution in [1.29, 1.82) is 0 Å². The molecule has 130 valence electrons. The van der Waals surface area contributed by atoms with Crippen LogP contribution >= 0.6 is 22.7 Å². The Bertz CT molecular complexity index is 1150. The van der Waals surface area contributed by atoms with Crippen molar-refractivity contribution in [3.63, 3.8) is 0 Å². The summed E-state index contributed by atoms with van der Waals surface area (Å²) in [7, 11) is 1.59. The number of benzene rings is 1. The average Bonchev–Trinajstić information content (AvgIpc) is 3.31. The third kappa shape index (κ3) is 3.16. The molecule has 3 aromatic heterocycles. The SMILES string of the molecule is Cn1nc(CC(=O)Nc2nc(-c3cccs3)cs2)c2ccccc2c1=O. The lowest BCUT2D eigenvalue weighted by atomic mass is 10.1. The quantitative estimate of drug-likeness (QED) is 0.587. The number of amides is 1. The van der Waals surface area contributed by atoms with Gasteiger partial charge >= 0.3 is 0 Å². The molecule has 0 saturated carbocycles. The van der Waals surface area contributed by atoms with Crippen molar-refractivity contribution in [2.75, 3.05) is 5.32 Å². The molecule has 26 heavy (non-hydrogen) atoms. The lowest BCUT2D eigenvalue weighted by molar-refractivity contribution is -0.115. The third-order valence-electron chi connectivity index (χ3n) is 3.89. The van der Waals surface area contributed by atoms with E-state index in [2.05, 4.69) is 15.4 Å². The van der Waals surface area contributed by atoms with Crippen LogP contribution in [-0.2, 0) is 18.3 Å². The van der Waals surface area contributed by atoms with Gasteiger partial charge in [0.1, 0.15) is 0 Å². The summed E-state index contributed by atoms with van der Waals surface area (Å²) in [4.78, 5) is 30.1. The number of carbonyl (C=O) groups is 1. The standard InChI is InChI=1S/C18H14N4O2S2/c1-22-17(24)12-6-3-2-5-11(12)13(21-22)9-16(23)20-18-19-14(10-26-18)15-7-4-8-25-15/h2-8,10H,9H2,1H3,(H,19,20,23). The first-order chi connectivity index (χ1) is 12.6. The number of aryl methyl sites for hydroxylation is 1. The number of anilines is 1. The van der Waals surface area contributed by atoms with E-state index >= 15 is 0 Å². The molecule has 0 bridgehead atoms. The highest BCUT2D eigenvalue weighted by molar-refractivity contribution is 7.16. The highest BCUT2D eigenvalue weighted by Gasteiger charge is 2.14. The van der Waals surface area contributed by atoms with Gasteiger partial charge in [0, 0.05) is 17.8 Å². The predicted molar refractivity (Wildman–Crippen MR) is 105 cm³/mol. The molecular weight excluding hydrogens is 368 g/mol. The molecule has 1 N–H and O–H groups in total. The highest BCUT2D eigenvalue weighted by atomic mass is 32.1. The van der Waals surface area contributed by atoms with Crippen molar-refractivity contribution in [2.24, 2.45) is 7.05 Å². The van der Waals surface area contributed by atoms with Crippen molar-refractivity contribution in [2.45, 2.75) is 6.42 Å². The lowest BCUT2D eigenvalue weighted by Crippen LogP contribution is -2.24. The first kappa shape index (κ1) is 16.6. The number of thiophene rings is 1. The molecule has 4 aromatic rings. The highest BCUT2D eigenvalue weighted by Crippen LogP contribution is 2.28. The first-order valence-electron chi connectivity index (χ1n) is 7.86. The monoisotopic (exact) mass is 382 g/mol. The Morgan fingerprint density at radius 1 is 1.15 bits per heavy atom. The molecular formula is C18H14N4O2S2. The van der Waals surface area contributed by atoms with Gasteiger partial charge in [0.2, 0.25) is 5.91 Å². The summed E-state index contributed by atoms with van der Waals surface area (Å²) in [6.07, 6.45) is 0.0720. The van der Waals surface area contributed by atoms with Crippen molar-refractivity contribution < 1.29 is 4.79 Å². The Kier molecular flexibility index (Phi) is 4.36. The van der Waals surface area contributed by atoms with Gasteiger partial charge < -0.3 is 5.32 Å². The Labute approximate surface area is 156 Å². The molecule has 0 atom stereocenters. The topological polar surface area (TPSA) is 76.9 Å². The molecule has 0 aliphatic rings. The molecule has 1 amide bonds. The second kappa shape index (κ2) is 6.81. The number of hydrogen-bond donors (Lipinski definition) is 1. The minimum atomic E-state index is -0.214. The van der Waals surface area contributed by atoms with E-state index in [1.165, 1.54) is 16.0 Å². The second-order valence-corrected chi connectivity index (χ2v) is 7.47. The van der Waals surface area contributed by atoms with Crippen LogP contribution in [0.25, 0.3) is 21.3 Å². The molecule has 0 saturated heterocycles. The summed E-state index contributed by atoms with van der Waals surface area (Å²) >= 11 is 2.99. The first-order valence-corrected chi connectivity index (χ1v) is 9.62. The van der Waals surface area contributed by atoms with Gasteiger partial charge in [-0.3, -0.25) is 9.59 Å². The maximum atomic E-state index is 12.4. The molecule has 0 fully saturated rings. The summed E-state index contributed by atoms with van der Waals surface area (Å²) in [6, 6.07) is 11.1. The number of thiazole rings is 1. The minimum Gasteiger partial charge on any atom is -0.302 e. The van der Waals surface area contributed by atoms with Gasteiger partial charge in [-0.05, 0) is 17.5 Å². The van der Waals surface area contributed by atoms with E-state index in [1.807, 2.05) is 35.0 Å². The number of rotatable bonds is 4. The fourth-order valence-corrected chi connectivity index (χ4v) is 4.18. The minimum absolute atomic E-state index is 0.0720. The normalized spacial score (nSPS) is 11.0. The molecule has 8 heteroatoms. The van der Waals surface area contributed by atoms with Crippen LogP contribution in [0.4, 0.5) is 5.13 Å². The van der Waals surface area contributed by atoms with Crippen molar-refractivity contribution >= 4 is 44.5 Å². The number of carbonyl (C=O) groups excluding carboxylic acids is 1. The number of nitrogens with zero attached hydrogens (tertiary/aromatic N) is 3. The number of fused-ring (bicyclic) bond motifs is 1. The lowest BCUT2D eigenvalue weighted by Gasteiger charge is -2.07. The number of hydrogen-bond acceptors (Lipinski definition) is 6. The van der Waals surface area contributed by atoms with Crippen LogP contribution in [0.15, 0.2) is 52.0 Å². The summed E-state index contributed by atoms with van der Waals surface area (Å²) < 4.78 is 1.27. The van der Waals surface area contributed by atoms with Crippen LogP contribution in [0.5, 0.6) is 0 Å². The molecule has 3 heterocycles. The van der Waals surface area contributed by atoms with Gasteiger partial charge in [-0.15, -0.1) is 22.7 Å². The second-order valence-electron chi connectivity index (χ2n) is 5.66. The van der Waals surface area contributed by atoms with Gasteiger partial charge in [0.05, 0.1) is 28.1 Å². The van der Waals surface area contributed by atoms with E-state index < -0.39 is 0 Å². The van der Waals surface area contributed by atoms with Crippen LogP contribution in [0.1, 0.15) is 5.69 Å². The summed E-state index contributed by atoms with van der Waals surface area (Å²) in [5.74, 6) is -0.214. The Hall–Kier alpha value is -2.84. The van der Waals surface area contributed by atoms with Gasteiger partial charge in [-0.2, -0.15) is 5.10 Å². The number of aromatic nitrogens is 3. The van der Waals surface area contributed by atoms with E-state index in [-0.39, 0.29) is 17.9 Å². The van der Waals surface area contributed by atoms with Crippen LogP contribution in [0, 0.1) is 0 Å². The van der Waals surface area contributed by atoms with E-state index in [1.54, 1.807) is 30.5 Å². The van der Waals surface area contributed by atoms with E-state index in [0.29, 0.717) is 21.6 Å². The summed E-state index contributed by atoms with van der Waals surface area (Å²) in [5.41, 5.74) is 1.24. The van der Waals surface area contributed by atoms with Crippen molar-refractivity contribution in [1.82, 2.24) is 14.8 Å². The van der Waals surface area contributed by atoms with Gasteiger partial charge in [0.25, 0.3) is 5.56 Å². The van der Waals surface area contributed by atoms with Gasteiger partial charge in [0.15, 0.2) is 5.13 Å². The summed E-state index contributed by atoms with van der Waals surface area (Å²) in [6.45, 7) is 0. The van der Waals surface area contributed by atoms with Crippen LogP contribution < -0.4 is 10.9 Å². The van der Waals surface area contributed by atoms with Crippen LogP contribution in [0.3, 0.4) is 0 Å². The molecule has 0 unspecified atom stereocenters. The molecule has 0 spiro atoms. The zero-order valence-corrected chi connectivity index (χ0v) is 15.4. The van der Waals surface area contributed by atoms with Crippen LogP contribution in [-0.4, -0.2) is 20.7 Å². The fraction of sp³-hybridized carbons (Fsp3) is 0.111. The molecule has 6 nitrogen and oxygen atoms in total. The largest absolute Gasteiger partial charge is 0.302 e. The van der Waals surface area contributed by atoms with Crippen LogP contribution in [0.2, 0.25) is 0 Å². The summed E-state index contributed by atoms with van der Waals surface area (Å²) in [5, 5.41) is 12.8. The smallest absolute Gasteiger partial charge is 0.274 e. The maximum Gasteiger partial charge on any atom is 0.274 e. The molecule has 0 aliphatic heterocycles. The molecule has 0 aliphatic carbocycles. The predicted octanol–water partition coefficient (Wildman–Crippen LogP) is 3.30. The van der Waals surface area contributed by atoms with E-state index in [4.69, 9.17) is 0 Å². The van der Waals surface area contributed by atoms with Gasteiger partial charge in [-0.25, -0.2) is 9.67 Å². The average molecular weight is 382 g/mol. The van der Waals surface area contributed by atoms with E-state index in [0.717, 1.165) is 10.6 Å². The van der Waals surface area contributed by atoms with Gasteiger partial charge in [-0.1, -0.05) is 24.3 Å². The maximum absolute atomic E-state index is 12.4. The fourth-order valence-electron chi connectivity index (χ4n) is 2.69. The third-order valence-corrected chi connectivity index (χ3v) is 5.54. The van der Waals surface area contributed by atoms with E-state index in [9.17, 15) is 9.59 Å². The van der Waals surface area contributed by atoms with Crippen molar-refractivity contribution in [3.05, 3.63) is 63.2 Å². The molecule has 4 rings (SSSR count). The molecule has 0 radical (unpaired) electrons. The Morgan fingerprint density at radius 3 is 2.73 bits per heavy atom.